The van der Waals surface area contributed by atoms with Crippen LogP contribution in [0.4, 0.5) is 24.7 Å². The number of aromatic nitrogens is 3. The number of hydrogen-bond acceptors (Lipinski definition) is 3. The SMILES string of the molecule is FC(F)(F)c1ccccc1-c1cc(Nc2n[nH]c3ccccc23)cc(-c2ccccc2)n1. The lowest BCUT2D eigenvalue weighted by Crippen LogP contribution is -2.07. The Bertz CT molecular complexity index is 1390. The number of nitrogens with zero attached hydrogens (tertiary/aromatic N) is 2. The van der Waals surface area contributed by atoms with Crippen LogP contribution < -0.4 is 5.32 Å². The Morgan fingerprint density at radius 1 is 0.750 bits per heavy atom. The Balaban J connectivity index is 1.67. The summed E-state index contributed by atoms with van der Waals surface area (Å²) in [6.45, 7) is 0. The van der Waals surface area contributed by atoms with Crippen LogP contribution in [0.25, 0.3) is 33.4 Å². The number of rotatable bonds is 4. The number of nitrogens with one attached hydrogen (secondary N) is 2. The number of halogens is 3. The highest BCUT2D eigenvalue weighted by molar-refractivity contribution is 5.91. The van der Waals surface area contributed by atoms with E-state index in [1.807, 2.05) is 54.6 Å². The fourth-order valence-corrected chi connectivity index (χ4v) is 3.65. The summed E-state index contributed by atoms with van der Waals surface area (Å²) >= 11 is 0. The van der Waals surface area contributed by atoms with Gasteiger partial charge in [0.2, 0.25) is 0 Å². The van der Waals surface area contributed by atoms with Gasteiger partial charge in [0.15, 0.2) is 5.82 Å². The Morgan fingerprint density at radius 3 is 2.25 bits per heavy atom. The largest absolute Gasteiger partial charge is 0.417 e. The van der Waals surface area contributed by atoms with E-state index in [0.717, 1.165) is 22.5 Å². The first kappa shape index (κ1) is 19.8. The smallest absolute Gasteiger partial charge is 0.338 e. The molecule has 0 saturated heterocycles. The van der Waals surface area contributed by atoms with E-state index in [1.54, 1.807) is 18.2 Å². The van der Waals surface area contributed by atoms with Gasteiger partial charge in [-0.2, -0.15) is 18.3 Å². The Hall–Kier alpha value is -4.13. The molecule has 0 aliphatic carbocycles. The van der Waals surface area contributed by atoms with Gasteiger partial charge in [-0.15, -0.1) is 0 Å². The molecule has 0 saturated carbocycles. The van der Waals surface area contributed by atoms with Crippen molar-refractivity contribution in [3.05, 3.63) is 96.6 Å². The molecule has 4 nitrogen and oxygen atoms in total. The second kappa shape index (κ2) is 7.85. The molecule has 0 radical (unpaired) electrons. The van der Waals surface area contributed by atoms with Crippen LogP contribution >= 0.6 is 0 Å². The number of aromatic amines is 1. The molecule has 2 heterocycles. The molecule has 0 aliphatic heterocycles. The van der Waals surface area contributed by atoms with Gasteiger partial charge in [0.1, 0.15) is 0 Å². The Labute approximate surface area is 181 Å². The van der Waals surface area contributed by atoms with E-state index in [4.69, 9.17) is 0 Å². The standard InChI is InChI=1S/C25H17F3N4/c26-25(27,28)20-12-6-4-10-18(20)23-15-17(14-22(30-23)16-8-2-1-3-9-16)29-24-19-11-5-7-13-21(19)31-32-24/h1-15H,(H2,29,30,31,32). The zero-order valence-corrected chi connectivity index (χ0v) is 16.7. The first-order valence-corrected chi connectivity index (χ1v) is 9.93. The zero-order chi connectivity index (χ0) is 22.1. The number of pyridine rings is 1. The molecule has 2 N–H and O–H groups in total. The van der Waals surface area contributed by atoms with Crippen LogP contribution in [0.3, 0.4) is 0 Å². The minimum absolute atomic E-state index is 0.0210. The average Bonchev–Trinajstić information content (AvgIpc) is 3.22. The number of fused-ring (bicyclic) bond motifs is 1. The first-order valence-electron chi connectivity index (χ1n) is 9.93. The highest BCUT2D eigenvalue weighted by Gasteiger charge is 2.33. The van der Waals surface area contributed by atoms with Gasteiger partial charge in [0, 0.05) is 22.2 Å². The number of hydrogen-bond donors (Lipinski definition) is 2. The molecule has 0 unspecified atom stereocenters. The zero-order valence-electron chi connectivity index (χ0n) is 16.7. The van der Waals surface area contributed by atoms with Crippen molar-refractivity contribution in [1.29, 1.82) is 0 Å². The lowest BCUT2D eigenvalue weighted by atomic mass is 10.0. The molecule has 0 atom stereocenters. The molecule has 0 spiro atoms. The minimum Gasteiger partial charge on any atom is -0.338 e. The predicted molar refractivity (Wildman–Crippen MR) is 119 cm³/mol. The van der Waals surface area contributed by atoms with Crippen molar-refractivity contribution in [2.75, 3.05) is 5.32 Å². The Kier molecular flexibility index (Phi) is 4.86. The third kappa shape index (κ3) is 3.80. The third-order valence-corrected chi connectivity index (χ3v) is 5.14. The lowest BCUT2D eigenvalue weighted by Gasteiger charge is -2.15. The summed E-state index contributed by atoms with van der Waals surface area (Å²) < 4.78 is 41.0. The molecule has 5 aromatic rings. The van der Waals surface area contributed by atoms with Gasteiger partial charge in [-0.3, -0.25) is 5.10 Å². The van der Waals surface area contributed by atoms with Crippen LogP contribution in [0, 0.1) is 0 Å². The van der Waals surface area contributed by atoms with Crippen molar-refractivity contribution < 1.29 is 13.2 Å². The van der Waals surface area contributed by atoms with E-state index in [9.17, 15) is 13.2 Å². The second-order valence-corrected chi connectivity index (χ2v) is 7.28. The summed E-state index contributed by atoms with van der Waals surface area (Å²) in [6, 6.07) is 25.8. The Morgan fingerprint density at radius 2 is 1.44 bits per heavy atom. The van der Waals surface area contributed by atoms with Crippen molar-refractivity contribution >= 4 is 22.4 Å². The third-order valence-electron chi connectivity index (χ3n) is 5.14. The van der Waals surface area contributed by atoms with Gasteiger partial charge in [-0.1, -0.05) is 60.7 Å². The topological polar surface area (TPSA) is 53.6 Å². The molecular formula is C25H17F3N4. The molecule has 32 heavy (non-hydrogen) atoms. The van der Waals surface area contributed by atoms with Gasteiger partial charge in [-0.05, 0) is 30.3 Å². The molecule has 0 aliphatic rings. The second-order valence-electron chi connectivity index (χ2n) is 7.28. The highest BCUT2D eigenvalue weighted by Crippen LogP contribution is 2.38. The summed E-state index contributed by atoms with van der Waals surface area (Å²) in [7, 11) is 0. The van der Waals surface area contributed by atoms with Crippen LogP contribution in [0.5, 0.6) is 0 Å². The maximum Gasteiger partial charge on any atom is 0.417 e. The summed E-state index contributed by atoms with van der Waals surface area (Å²) in [4.78, 5) is 4.57. The number of para-hydroxylation sites is 1. The van der Waals surface area contributed by atoms with E-state index in [1.165, 1.54) is 12.1 Å². The van der Waals surface area contributed by atoms with E-state index >= 15 is 0 Å². The number of alkyl halides is 3. The molecule has 5 rings (SSSR count). The van der Waals surface area contributed by atoms with Gasteiger partial charge >= 0.3 is 6.18 Å². The molecule has 0 bridgehead atoms. The maximum atomic E-state index is 13.7. The molecule has 158 valence electrons. The van der Waals surface area contributed by atoms with Crippen molar-refractivity contribution in [3.8, 4) is 22.5 Å². The quantitative estimate of drug-likeness (QED) is 0.321. The van der Waals surface area contributed by atoms with Crippen LogP contribution in [-0.4, -0.2) is 15.2 Å². The molecule has 3 aromatic carbocycles. The van der Waals surface area contributed by atoms with Gasteiger partial charge in [-0.25, -0.2) is 4.98 Å². The van der Waals surface area contributed by atoms with Gasteiger partial charge in [0.25, 0.3) is 0 Å². The average molecular weight is 430 g/mol. The predicted octanol–water partition coefficient (Wildman–Crippen LogP) is 7.05. The van der Waals surface area contributed by atoms with Crippen molar-refractivity contribution in [2.24, 2.45) is 0 Å². The molecule has 0 fully saturated rings. The highest BCUT2D eigenvalue weighted by atomic mass is 19.4. The monoisotopic (exact) mass is 430 g/mol. The van der Waals surface area contributed by atoms with Crippen LogP contribution in [-0.2, 0) is 6.18 Å². The number of anilines is 2. The van der Waals surface area contributed by atoms with E-state index in [0.29, 0.717) is 17.2 Å². The summed E-state index contributed by atoms with van der Waals surface area (Å²) in [5.74, 6) is 0.584. The van der Waals surface area contributed by atoms with E-state index in [2.05, 4.69) is 20.5 Å². The fourth-order valence-electron chi connectivity index (χ4n) is 3.65. The van der Waals surface area contributed by atoms with Crippen LogP contribution in [0.15, 0.2) is 91.0 Å². The van der Waals surface area contributed by atoms with Gasteiger partial charge in [0.05, 0.1) is 22.5 Å². The molecule has 2 aromatic heterocycles. The first-order chi connectivity index (χ1) is 15.5. The van der Waals surface area contributed by atoms with E-state index < -0.39 is 11.7 Å². The minimum atomic E-state index is -4.49. The fraction of sp³-hybridized carbons (Fsp3) is 0.0400. The maximum absolute atomic E-state index is 13.7. The lowest BCUT2D eigenvalue weighted by molar-refractivity contribution is -0.137. The molecular weight excluding hydrogens is 413 g/mol. The normalized spacial score (nSPS) is 11.6. The van der Waals surface area contributed by atoms with E-state index in [-0.39, 0.29) is 11.3 Å². The molecule has 7 heteroatoms. The van der Waals surface area contributed by atoms with Crippen molar-refractivity contribution in [2.45, 2.75) is 6.18 Å². The van der Waals surface area contributed by atoms with Gasteiger partial charge < -0.3 is 5.32 Å². The van der Waals surface area contributed by atoms with Crippen LogP contribution in [0.1, 0.15) is 5.56 Å². The number of benzene rings is 3. The number of H-pyrrole nitrogens is 1. The summed E-state index contributed by atoms with van der Waals surface area (Å²) in [6.07, 6.45) is -4.49. The summed E-state index contributed by atoms with van der Waals surface area (Å²) in [5.41, 5.74) is 2.32. The van der Waals surface area contributed by atoms with Crippen molar-refractivity contribution in [3.63, 3.8) is 0 Å². The van der Waals surface area contributed by atoms with Crippen molar-refractivity contribution in [1.82, 2.24) is 15.2 Å². The van der Waals surface area contributed by atoms with Crippen LogP contribution in [0.2, 0.25) is 0 Å². The molecule has 0 amide bonds. The summed E-state index contributed by atoms with van der Waals surface area (Å²) in [5, 5.41) is 11.4.